The van der Waals surface area contributed by atoms with E-state index in [9.17, 15) is 9.90 Å². The molecule has 1 amide bonds. The molecule has 0 bridgehead atoms. The van der Waals surface area contributed by atoms with E-state index in [1.165, 1.54) is 6.08 Å². The molecule has 5 heteroatoms. The molecule has 2 N–H and O–H groups in total. The van der Waals surface area contributed by atoms with Crippen LogP contribution in [0.3, 0.4) is 0 Å². The fourth-order valence-corrected chi connectivity index (χ4v) is 1.96. The molecule has 0 aliphatic heterocycles. The summed E-state index contributed by atoms with van der Waals surface area (Å²) in [6.07, 6.45) is 3.17. The van der Waals surface area contributed by atoms with Crippen molar-refractivity contribution in [3.05, 3.63) is 39.9 Å². The van der Waals surface area contributed by atoms with E-state index in [-0.39, 0.29) is 11.9 Å². The van der Waals surface area contributed by atoms with Gasteiger partial charge in [-0.25, -0.2) is 0 Å². The van der Waals surface area contributed by atoms with Crippen molar-refractivity contribution in [1.82, 2.24) is 5.32 Å². The van der Waals surface area contributed by atoms with E-state index in [2.05, 4.69) is 5.32 Å². The lowest BCUT2D eigenvalue weighted by Gasteiger charge is -2.13. The minimum Gasteiger partial charge on any atom is -0.393 e. The average Bonchev–Trinajstić information content (AvgIpc) is 2.29. The second-order valence-electron chi connectivity index (χ2n) is 4.50. The summed E-state index contributed by atoms with van der Waals surface area (Å²) >= 11 is 11.7. The summed E-state index contributed by atoms with van der Waals surface area (Å²) in [4.78, 5) is 11.6. The van der Waals surface area contributed by atoms with Crippen molar-refractivity contribution >= 4 is 35.2 Å². The van der Waals surface area contributed by atoms with Gasteiger partial charge in [-0.15, -0.1) is 0 Å². The number of halogens is 2. The van der Waals surface area contributed by atoms with Crippen LogP contribution in [0.4, 0.5) is 0 Å². The molecule has 0 saturated heterocycles. The lowest BCUT2D eigenvalue weighted by Crippen LogP contribution is -2.33. The van der Waals surface area contributed by atoms with Gasteiger partial charge in [0.15, 0.2) is 0 Å². The summed E-state index contributed by atoms with van der Waals surface area (Å²) in [6.45, 7) is 3.53. The minimum atomic E-state index is -0.436. The monoisotopic (exact) mass is 301 g/mol. The molecule has 2 atom stereocenters. The SMILES string of the molecule is CC(O)CC(C)NC(=O)/C=C/c1ccc(Cl)c(Cl)c1. The highest BCUT2D eigenvalue weighted by molar-refractivity contribution is 6.42. The number of benzene rings is 1. The Kier molecular flexibility index (Phi) is 6.35. The van der Waals surface area contributed by atoms with Crippen LogP contribution < -0.4 is 5.32 Å². The fourth-order valence-electron chi connectivity index (χ4n) is 1.65. The van der Waals surface area contributed by atoms with Crippen LogP contribution in [0.2, 0.25) is 10.0 Å². The molecule has 1 aromatic carbocycles. The lowest BCUT2D eigenvalue weighted by atomic mass is 10.1. The van der Waals surface area contributed by atoms with Crippen molar-refractivity contribution in [2.75, 3.05) is 0 Å². The Labute approximate surface area is 123 Å². The molecule has 0 spiro atoms. The zero-order valence-corrected chi connectivity index (χ0v) is 12.4. The summed E-state index contributed by atoms with van der Waals surface area (Å²) in [5, 5.41) is 12.9. The van der Waals surface area contributed by atoms with Gasteiger partial charge < -0.3 is 10.4 Å². The summed E-state index contributed by atoms with van der Waals surface area (Å²) in [5.41, 5.74) is 0.799. The second kappa shape index (κ2) is 7.53. The third-order valence-corrected chi connectivity index (χ3v) is 3.19. The molecule has 1 aromatic rings. The number of rotatable bonds is 5. The molecular weight excluding hydrogens is 285 g/mol. The second-order valence-corrected chi connectivity index (χ2v) is 5.32. The van der Waals surface area contributed by atoms with Gasteiger partial charge in [0.25, 0.3) is 0 Å². The average molecular weight is 302 g/mol. The van der Waals surface area contributed by atoms with Gasteiger partial charge in [0.1, 0.15) is 0 Å². The first kappa shape index (κ1) is 16.0. The third kappa shape index (κ3) is 6.10. The van der Waals surface area contributed by atoms with E-state index >= 15 is 0 Å². The van der Waals surface area contributed by atoms with Crippen LogP contribution in [0, 0.1) is 0 Å². The molecule has 19 heavy (non-hydrogen) atoms. The number of aliphatic hydroxyl groups is 1. The highest BCUT2D eigenvalue weighted by atomic mass is 35.5. The van der Waals surface area contributed by atoms with Crippen LogP contribution in [0.1, 0.15) is 25.8 Å². The van der Waals surface area contributed by atoms with Gasteiger partial charge in [-0.05, 0) is 44.0 Å². The zero-order chi connectivity index (χ0) is 14.4. The number of nitrogens with one attached hydrogen (secondary N) is 1. The number of hydrogen-bond acceptors (Lipinski definition) is 2. The van der Waals surface area contributed by atoms with Crippen molar-refractivity contribution < 1.29 is 9.90 Å². The maximum Gasteiger partial charge on any atom is 0.244 e. The lowest BCUT2D eigenvalue weighted by molar-refractivity contribution is -0.117. The summed E-state index contributed by atoms with van der Waals surface area (Å²) in [7, 11) is 0. The molecule has 0 aromatic heterocycles. The molecule has 0 heterocycles. The molecule has 2 unspecified atom stereocenters. The van der Waals surface area contributed by atoms with Crippen molar-refractivity contribution in [2.24, 2.45) is 0 Å². The van der Waals surface area contributed by atoms with Crippen LogP contribution in [-0.4, -0.2) is 23.2 Å². The van der Waals surface area contributed by atoms with Crippen molar-refractivity contribution in [3.8, 4) is 0 Å². The van der Waals surface area contributed by atoms with Crippen LogP contribution in [0.15, 0.2) is 24.3 Å². The summed E-state index contributed by atoms with van der Waals surface area (Å²) in [6, 6.07) is 5.06. The standard InChI is InChI=1S/C14H17Cl2NO2/c1-9(7-10(2)18)17-14(19)6-4-11-3-5-12(15)13(16)8-11/h3-6,8-10,18H,7H2,1-2H3,(H,17,19)/b6-4+. The third-order valence-electron chi connectivity index (χ3n) is 2.45. The van der Waals surface area contributed by atoms with E-state index in [4.69, 9.17) is 23.2 Å². The quantitative estimate of drug-likeness (QED) is 0.820. The normalized spacial score (nSPS) is 14.4. The van der Waals surface area contributed by atoms with Gasteiger partial charge in [-0.3, -0.25) is 4.79 Å². The van der Waals surface area contributed by atoms with Gasteiger partial charge in [0.2, 0.25) is 5.91 Å². The first-order valence-electron chi connectivity index (χ1n) is 6.00. The van der Waals surface area contributed by atoms with Crippen LogP contribution in [0.5, 0.6) is 0 Å². The van der Waals surface area contributed by atoms with E-state index < -0.39 is 6.10 Å². The Hall–Kier alpha value is -1.03. The highest BCUT2D eigenvalue weighted by Gasteiger charge is 2.07. The minimum absolute atomic E-state index is 0.0778. The van der Waals surface area contributed by atoms with Crippen LogP contribution >= 0.6 is 23.2 Å². The zero-order valence-electron chi connectivity index (χ0n) is 10.9. The topological polar surface area (TPSA) is 49.3 Å². The van der Waals surface area contributed by atoms with Gasteiger partial charge in [0, 0.05) is 12.1 Å². The van der Waals surface area contributed by atoms with E-state index in [0.717, 1.165) is 5.56 Å². The van der Waals surface area contributed by atoms with Crippen molar-refractivity contribution in [3.63, 3.8) is 0 Å². The first-order valence-corrected chi connectivity index (χ1v) is 6.75. The van der Waals surface area contributed by atoms with Crippen molar-refractivity contribution in [1.29, 1.82) is 0 Å². The Balaban J connectivity index is 2.56. The Bertz CT molecular complexity index is 473. The predicted molar refractivity (Wildman–Crippen MR) is 79.4 cm³/mol. The number of carbonyl (C=O) groups excluding carboxylic acids is 1. The van der Waals surface area contributed by atoms with E-state index in [0.29, 0.717) is 16.5 Å². The van der Waals surface area contributed by atoms with Gasteiger partial charge in [-0.2, -0.15) is 0 Å². The first-order chi connectivity index (χ1) is 8.88. The van der Waals surface area contributed by atoms with Crippen LogP contribution in [0.25, 0.3) is 6.08 Å². The molecule has 0 saturated carbocycles. The molecule has 0 aliphatic carbocycles. The Morgan fingerprint density at radius 1 is 1.37 bits per heavy atom. The molecule has 0 aliphatic rings. The largest absolute Gasteiger partial charge is 0.393 e. The summed E-state index contributed by atoms with van der Waals surface area (Å²) < 4.78 is 0. The molecular formula is C14H17Cl2NO2. The smallest absolute Gasteiger partial charge is 0.244 e. The molecule has 0 radical (unpaired) electrons. The summed E-state index contributed by atoms with van der Waals surface area (Å²) in [5.74, 6) is -0.209. The van der Waals surface area contributed by atoms with E-state index in [1.54, 1.807) is 31.2 Å². The number of carbonyl (C=O) groups is 1. The van der Waals surface area contributed by atoms with Gasteiger partial charge >= 0.3 is 0 Å². The molecule has 0 fully saturated rings. The van der Waals surface area contributed by atoms with E-state index in [1.807, 2.05) is 6.92 Å². The highest BCUT2D eigenvalue weighted by Crippen LogP contribution is 2.23. The van der Waals surface area contributed by atoms with Crippen LogP contribution in [-0.2, 0) is 4.79 Å². The number of amides is 1. The maximum absolute atomic E-state index is 11.6. The number of hydrogen-bond donors (Lipinski definition) is 2. The molecule has 3 nitrogen and oxygen atoms in total. The van der Waals surface area contributed by atoms with Crippen molar-refractivity contribution in [2.45, 2.75) is 32.4 Å². The van der Waals surface area contributed by atoms with Gasteiger partial charge in [-0.1, -0.05) is 29.3 Å². The van der Waals surface area contributed by atoms with Gasteiger partial charge in [0.05, 0.1) is 16.1 Å². The maximum atomic E-state index is 11.6. The molecule has 104 valence electrons. The Morgan fingerprint density at radius 2 is 2.05 bits per heavy atom. The number of aliphatic hydroxyl groups excluding tert-OH is 1. The predicted octanol–water partition coefficient (Wildman–Crippen LogP) is 3.28. The Morgan fingerprint density at radius 3 is 2.63 bits per heavy atom. The fraction of sp³-hybridized carbons (Fsp3) is 0.357. The molecule has 1 rings (SSSR count).